The monoisotopic (exact) mass is 239 g/mol. The van der Waals surface area contributed by atoms with E-state index in [0.29, 0.717) is 10.9 Å². The third kappa shape index (κ3) is 2.12. The summed E-state index contributed by atoms with van der Waals surface area (Å²) in [7, 11) is 0. The van der Waals surface area contributed by atoms with E-state index < -0.39 is 11.8 Å². The summed E-state index contributed by atoms with van der Waals surface area (Å²) in [6.45, 7) is 1.28. The van der Waals surface area contributed by atoms with Crippen LogP contribution in [0.1, 0.15) is 6.92 Å². The van der Waals surface area contributed by atoms with Gasteiger partial charge in [-0.3, -0.25) is 4.79 Å². The van der Waals surface area contributed by atoms with Crippen molar-refractivity contribution in [2.45, 2.75) is 6.92 Å². The van der Waals surface area contributed by atoms with Crippen molar-refractivity contribution < 1.29 is 13.9 Å². The summed E-state index contributed by atoms with van der Waals surface area (Å²) in [5.74, 6) is -0.793. The average Bonchev–Trinajstić information content (AvgIpc) is 2.19. The zero-order valence-electron chi connectivity index (χ0n) is 8.33. The van der Waals surface area contributed by atoms with E-state index in [4.69, 9.17) is 16.3 Å². The molecule has 0 aliphatic rings. The second-order valence-electron chi connectivity index (χ2n) is 3.20. The Morgan fingerprint density at radius 2 is 2.19 bits per heavy atom. The van der Waals surface area contributed by atoms with Crippen molar-refractivity contribution in [2.24, 2.45) is 0 Å². The molecule has 0 fully saturated rings. The summed E-state index contributed by atoms with van der Waals surface area (Å²) in [5, 5.41) is 0.581. The lowest BCUT2D eigenvalue weighted by atomic mass is 10.2. The minimum absolute atomic E-state index is 0.0139. The van der Waals surface area contributed by atoms with Gasteiger partial charge in [0, 0.05) is 18.4 Å². The molecule has 0 saturated heterocycles. The molecule has 0 amide bonds. The molecule has 2 aromatic rings. The minimum Gasteiger partial charge on any atom is -0.408 e. The van der Waals surface area contributed by atoms with Crippen LogP contribution in [0.3, 0.4) is 0 Å². The fourth-order valence-electron chi connectivity index (χ4n) is 1.30. The first kappa shape index (κ1) is 10.8. The topological polar surface area (TPSA) is 39.2 Å². The quantitative estimate of drug-likeness (QED) is 0.719. The largest absolute Gasteiger partial charge is 0.408 e. The van der Waals surface area contributed by atoms with Crippen molar-refractivity contribution in [3.63, 3.8) is 0 Å². The predicted molar refractivity (Wildman–Crippen MR) is 58.0 cm³/mol. The first-order valence-corrected chi connectivity index (χ1v) is 4.88. The normalized spacial score (nSPS) is 10.4. The van der Waals surface area contributed by atoms with Crippen molar-refractivity contribution in [1.82, 2.24) is 4.98 Å². The number of pyridine rings is 1. The Balaban J connectivity index is 2.53. The second kappa shape index (κ2) is 4.06. The molecule has 3 nitrogen and oxygen atoms in total. The van der Waals surface area contributed by atoms with Crippen molar-refractivity contribution >= 4 is 28.5 Å². The number of carbonyl (C=O) groups is 1. The van der Waals surface area contributed by atoms with Gasteiger partial charge in [0.05, 0.1) is 10.5 Å². The molecule has 0 radical (unpaired) electrons. The van der Waals surface area contributed by atoms with E-state index in [1.54, 1.807) is 6.07 Å². The van der Waals surface area contributed by atoms with E-state index in [9.17, 15) is 9.18 Å². The lowest BCUT2D eigenvalue weighted by Gasteiger charge is -2.03. The minimum atomic E-state index is -0.504. The molecule has 2 rings (SSSR count). The average molecular weight is 240 g/mol. The number of halogens is 2. The molecule has 0 atom stereocenters. The fourth-order valence-corrected chi connectivity index (χ4v) is 1.46. The van der Waals surface area contributed by atoms with Crippen LogP contribution in [0, 0.1) is 5.82 Å². The molecule has 0 aliphatic heterocycles. The molecule has 0 N–H and O–H groups in total. The van der Waals surface area contributed by atoms with Crippen LogP contribution in [-0.2, 0) is 4.79 Å². The first-order chi connectivity index (χ1) is 7.56. The van der Waals surface area contributed by atoms with Crippen molar-refractivity contribution in [1.29, 1.82) is 0 Å². The summed E-state index contributed by atoms with van der Waals surface area (Å²) >= 11 is 5.62. The van der Waals surface area contributed by atoms with Gasteiger partial charge in [0.2, 0.25) is 5.88 Å². The van der Waals surface area contributed by atoms with Crippen LogP contribution in [0.5, 0.6) is 5.88 Å². The van der Waals surface area contributed by atoms with Gasteiger partial charge in [-0.15, -0.1) is 0 Å². The third-order valence-corrected chi connectivity index (χ3v) is 2.24. The molecule has 16 heavy (non-hydrogen) atoms. The fraction of sp³-hybridized carbons (Fsp3) is 0.0909. The Morgan fingerprint density at radius 3 is 2.88 bits per heavy atom. The second-order valence-corrected chi connectivity index (χ2v) is 3.61. The van der Waals surface area contributed by atoms with E-state index in [0.717, 1.165) is 0 Å². The van der Waals surface area contributed by atoms with E-state index >= 15 is 0 Å². The number of hydrogen-bond donors (Lipinski definition) is 0. The van der Waals surface area contributed by atoms with E-state index in [2.05, 4.69) is 4.98 Å². The highest BCUT2D eigenvalue weighted by molar-refractivity contribution is 6.31. The van der Waals surface area contributed by atoms with Gasteiger partial charge >= 0.3 is 5.97 Å². The van der Waals surface area contributed by atoms with Crippen LogP contribution in [-0.4, -0.2) is 11.0 Å². The number of benzene rings is 1. The Hall–Kier alpha value is -1.68. The maximum atomic E-state index is 13.1. The summed E-state index contributed by atoms with van der Waals surface area (Å²) in [4.78, 5) is 14.7. The summed E-state index contributed by atoms with van der Waals surface area (Å²) in [6.07, 6.45) is 0. The van der Waals surface area contributed by atoms with Crippen LogP contribution in [0.15, 0.2) is 24.3 Å². The van der Waals surface area contributed by atoms with Crippen LogP contribution < -0.4 is 4.74 Å². The number of fused-ring (bicyclic) bond motifs is 1. The molecular formula is C11H7ClFNO2. The van der Waals surface area contributed by atoms with Crippen LogP contribution in [0.25, 0.3) is 10.9 Å². The molecule has 0 saturated carbocycles. The highest BCUT2D eigenvalue weighted by Crippen LogP contribution is 2.23. The van der Waals surface area contributed by atoms with Gasteiger partial charge in [0.15, 0.2) is 0 Å². The molecule has 0 aliphatic carbocycles. The van der Waals surface area contributed by atoms with Gasteiger partial charge in [-0.2, -0.15) is 0 Å². The molecule has 0 bridgehead atoms. The molecular weight excluding hydrogens is 233 g/mol. The zero-order valence-corrected chi connectivity index (χ0v) is 9.08. The van der Waals surface area contributed by atoms with Gasteiger partial charge in [0.1, 0.15) is 5.82 Å². The first-order valence-electron chi connectivity index (χ1n) is 4.50. The Morgan fingerprint density at radius 1 is 1.44 bits per heavy atom. The molecule has 82 valence electrons. The highest BCUT2D eigenvalue weighted by Gasteiger charge is 2.06. The summed E-state index contributed by atoms with van der Waals surface area (Å²) in [5.41, 5.74) is 0.477. The van der Waals surface area contributed by atoms with Crippen molar-refractivity contribution in [3.05, 3.63) is 35.1 Å². The van der Waals surface area contributed by atoms with Gasteiger partial charge in [-0.25, -0.2) is 9.37 Å². The van der Waals surface area contributed by atoms with E-state index in [1.165, 1.54) is 25.1 Å². The number of hydrogen-bond acceptors (Lipinski definition) is 3. The van der Waals surface area contributed by atoms with Crippen LogP contribution in [0.4, 0.5) is 4.39 Å². The Labute approximate surface area is 95.8 Å². The van der Waals surface area contributed by atoms with Gasteiger partial charge in [-0.05, 0) is 18.2 Å². The lowest BCUT2D eigenvalue weighted by Crippen LogP contribution is -2.02. The smallest absolute Gasteiger partial charge is 0.309 e. The molecule has 1 heterocycles. The van der Waals surface area contributed by atoms with Gasteiger partial charge in [0.25, 0.3) is 0 Å². The van der Waals surface area contributed by atoms with Crippen LogP contribution >= 0.6 is 11.6 Å². The molecule has 0 unspecified atom stereocenters. The maximum Gasteiger partial charge on any atom is 0.309 e. The third-order valence-electron chi connectivity index (χ3n) is 1.95. The number of esters is 1. The summed E-state index contributed by atoms with van der Waals surface area (Å²) < 4.78 is 17.9. The van der Waals surface area contributed by atoms with Crippen LogP contribution in [0.2, 0.25) is 5.02 Å². The van der Waals surface area contributed by atoms with Gasteiger partial charge < -0.3 is 4.74 Å². The number of ether oxygens (including phenoxy) is 1. The van der Waals surface area contributed by atoms with E-state index in [1.807, 2.05) is 0 Å². The number of carbonyl (C=O) groups excluding carboxylic acids is 1. The Kier molecular flexibility index (Phi) is 2.75. The predicted octanol–water partition coefficient (Wildman–Crippen LogP) is 2.95. The van der Waals surface area contributed by atoms with Gasteiger partial charge in [-0.1, -0.05) is 11.6 Å². The van der Waals surface area contributed by atoms with E-state index in [-0.39, 0.29) is 10.9 Å². The molecule has 0 spiro atoms. The highest BCUT2D eigenvalue weighted by atomic mass is 35.5. The zero-order chi connectivity index (χ0) is 11.7. The molecule has 1 aromatic carbocycles. The number of rotatable bonds is 1. The van der Waals surface area contributed by atoms with Crippen molar-refractivity contribution in [3.8, 4) is 5.88 Å². The van der Waals surface area contributed by atoms with Crippen molar-refractivity contribution in [2.75, 3.05) is 0 Å². The maximum absolute atomic E-state index is 13.1. The molecule has 5 heteroatoms. The number of nitrogens with zero attached hydrogens (tertiary/aromatic N) is 1. The molecule has 1 aromatic heterocycles. The lowest BCUT2D eigenvalue weighted by molar-refractivity contribution is -0.132. The Bertz CT molecular complexity index is 571. The summed E-state index contributed by atoms with van der Waals surface area (Å²) in [6, 6.07) is 5.78. The standard InChI is InChI=1S/C11H7ClFNO2/c1-6(15)16-11-3-2-7-4-9(13)8(12)5-10(7)14-11/h2-5H,1H3. The SMILES string of the molecule is CC(=O)Oc1ccc2cc(F)c(Cl)cc2n1. The number of aromatic nitrogens is 1.